The molecule has 0 heterocycles. The van der Waals surface area contributed by atoms with Gasteiger partial charge in [0.1, 0.15) is 0 Å². The molecule has 4 heteroatoms. The van der Waals surface area contributed by atoms with Crippen LogP contribution in [0.25, 0.3) is 0 Å². The Bertz CT molecular complexity index is 476. The highest BCUT2D eigenvalue weighted by molar-refractivity contribution is 7.80. The first-order valence-corrected chi connectivity index (χ1v) is 8.00. The number of thiocarbonyl (C=S) groups is 1. The Morgan fingerprint density at radius 2 is 1.71 bits per heavy atom. The largest absolute Gasteiger partial charge is 0.392 e. The van der Waals surface area contributed by atoms with Crippen molar-refractivity contribution in [3.05, 3.63) is 35.4 Å². The molecule has 3 N–H and O–H groups in total. The molecule has 0 saturated carbocycles. The molecule has 1 aromatic carbocycles. The number of hydrogen-bond donors (Lipinski definition) is 2. The van der Waals surface area contributed by atoms with Crippen molar-refractivity contribution < 1.29 is 4.79 Å². The van der Waals surface area contributed by atoms with E-state index in [1.54, 1.807) is 0 Å². The fourth-order valence-corrected chi connectivity index (χ4v) is 2.92. The maximum absolute atomic E-state index is 12.6. The summed E-state index contributed by atoms with van der Waals surface area (Å²) in [5.41, 5.74) is 7.49. The molecule has 0 unspecified atom stereocenters. The maximum atomic E-state index is 12.6. The van der Waals surface area contributed by atoms with Crippen molar-refractivity contribution in [2.45, 2.75) is 53.0 Å². The molecule has 3 nitrogen and oxygen atoms in total. The zero-order chi connectivity index (χ0) is 15.9. The highest BCUT2D eigenvalue weighted by Crippen LogP contribution is 2.31. The van der Waals surface area contributed by atoms with Crippen molar-refractivity contribution >= 4 is 23.1 Å². The second-order valence-electron chi connectivity index (χ2n) is 5.61. The van der Waals surface area contributed by atoms with Gasteiger partial charge in [0.2, 0.25) is 5.91 Å². The number of carbonyl (C=O) groups excluding carboxylic acids is 1. The van der Waals surface area contributed by atoms with E-state index in [-0.39, 0.29) is 5.91 Å². The Labute approximate surface area is 133 Å². The third-order valence-electron chi connectivity index (χ3n) is 3.83. The molecule has 1 aromatic rings. The van der Waals surface area contributed by atoms with E-state index in [1.165, 1.54) is 5.56 Å². The summed E-state index contributed by atoms with van der Waals surface area (Å²) in [5.74, 6) is -0.0423. The van der Waals surface area contributed by atoms with E-state index in [4.69, 9.17) is 18.0 Å². The van der Waals surface area contributed by atoms with Crippen molar-refractivity contribution in [1.29, 1.82) is 0 Å². The van der Waals surface area contributed by atoms with Crippen LogP contribution in [0.4, 0.5) is 0 Å². The Morgan fingerprint density at radius 3 is 2.14 bits per heavy atom. The molecular weight excluding hydrogens is 280 g/mol. The molecule has 1 amide bonds. The van der Waals surface area contributed by atoms with Crippen LogP contribution >= 0.6 is 12.2 Å². The summed E-state index contributed by atoms with van der Waals surface area (Å²) in [4.78, 5) is 13.0. The second kappa shape index (κ2) is 8.13. The lowest BCUT2D eigenvalue weighted by Crippen LogP contribution is -2.48. The Kier molecular flexibility index (Phi) is 6.82. The number of rotatable bonds is 8. The van der Waals surface area contributed by atoms with E-state index >= 15 is 0 Å². The van der Waals surface area contributed by atoms with Crippen molar-refractivity contribution in [2.24, 2.45) is 11.1 Å². The Morgan fingerprint density at radius 1 is 1.19 bits per heavy atom. The molecule has 0 atom stereocenters. The molecule has 0 aliphatic rings. The van der Waals surface area contributed by atoms with Gasteiger partial charge in [0.15, 0.2) is 0 Å². The van der Waals surface area contributed by atoms with Gasteiger partial charge in [-0.2, -0.15) is 0 Å². The molecule has 0 fully saturated rings. The summed E-state index contributed by atoms with van der Waals surface area (Å²) in [7, 11) is 0. The van der Waals surface area contributed by atoms with E-state index < -0.39 is 5.41 Å². The molecule has 0 aliphatic carbocycles. The van der Waals surface area contributed by atoms with E-state index in [1.807, 2.05) is 31.2 Å². The lowest BCUT2D eigenvalue weighted by Gasteiger charge is -2.31. The first kappa shape index (κ1) is 17.6. The van der Waals surface area contributed by atoms with E-state index in [9.17, 15) is 4.79 Å². The first-order valence-electron chi connectivity index (χ1n) is 7.60. The summed E-state index contributed by atoms with van der Waals surface area (Å²) in [5, 5.41) is 3.00. The molecule has 21 heavy (non-hydrogen) atoms. The number of benzene rings is 1. The average molecular weight is 306 g/mol. The van der Waals surface area contributed by atoms with Crippen LogP contribution in [0.5, 0.6) is 0 Å². The van der Waals surface area contributed by atoms with Crippen LogP contribution in [0.15, 0.2) is 24.3 Å². The fraction of sp³-hybridized carbons (Fsp3) is 0.529. The van der Waals surface area contributed by atoms with Crippen molar-refractivity contribution in [2.75, 3.05) is 0 Å². The number of amides is 1. The zero-order valence-electron chi connectivity index (χ0n) is 13.2. The van der Waals surface area contributed by atoms with Crippen LogP contribution < -0.4 is 11.1 Å². The van der Waals surface area contributed by atoms with Crippen LogP contribution in [-0.4, -0.2) is 10.9 Å². The zero-order valence-corrected chi connectivity index (χ0v) is 14.1. The first-order chi connectivity index (χ1) is 9.96. The molecule has 0 aromatic heterocycles. The average Bonchev–Trinajstić information content (AvgIpc) is 2.45. The van der Waals surface area contributed by atoms with Gasteiger partial charge in [-0.15, -0.1) is 0 Å². The monoisotopic (exact) mass is 306 g/mol. The van der Waals surface area contributed by atoms with Gasteiger partial charge in [0, 0.05) is 6.54 Å². The second-order valence-corrected chi connectivity index (χ2v) is 6.05. The summed E-state index contributed by atoms with van der Waals surface area (Å²) in [6.45, 7) is 6.66. The van der Waals surface area contributed by atoms with Gasteiger partial charge in [-0.05, 0) is 25.3 Å². The summed E-state index contributed by atoms with van der Waals surface area (Å²) in [6, 6.07) is 8.14. The van der Waals surface area contributed by atoms with Gasteiger partial charge in [-0.25, -0.2) is 0 Å². The minimum absolute atomic E-state index is 0.0423. The van der Waals surface area contributed by atoms with Crippen molar-refractivity contribution in [1.82, 2.24) is 5.32 Å². The minimum Gasteiger partial charge on any atom is -0.392 e. The molecule has 0 saturated heterocycles. The van der Waals surface area contributed by atoms with Crippen LogP contribution in [0.1, 0.15) is 50.7 Å². The SMILES string of the molecule is CCCC(CCC)(C(=O)NCc1ccc(C)cc1)C(N)=S. The van der Waals surface area contributed by atoms with E-state index in [2.05, 4.69) is 19.2 Å². The van der Waals surface area contributed by atoms with Crippen molar-refractivity contribution in [3.8, 4) is 0 Å². The molecule has 0 spiro atoms. The fourth-order valence-electron chi connectivity index (χ4n) is 2.62. The molecule has 116 valence electrons. The normalized spacial score (nSPS) is 11.2. The standard InChI is InChI=1S/C17H26N2OS/c1-4-10-17(11-5-2,15(18)21)16(20)19-12-14-8-6-13(3)7-9-14/h6-9H,4-5,10-12H2,1-3H3,(H2,18,21)(H,19,20). The third kappa shape index (κ3) is 4.53. The minimum atomic E-state index is -0.705. The van der Waals surface area contributed by atoms with Crippen molar-refractivity contribution in [3.63, 3.8) is 0 Å². The number of hydrogen-bond acceptors (Lipinski definition) is 2. The van der Waals surface area contributed by atoms with Crippen LogP contribution in [0, 0.1) is 12.3 Å². The van der Waals surface area contributed by atoms with Crippen LogP contribution in [0.2, 0.25) is 0 Å². The van der Waals surface area contributed by atoms with Gasteiger partial charge < -0.3 is 11.1 Å². The number of carbonyl (C=O) groups is 1. The molecule has 0 radical (unpaired) electrons. The quantitative estimate of drug-likeness (QED) is 0.723. The molecule has 1 rings (SSSR count). The van der Waals surface area contributed by atoms with E-state index in [0.717, 1.165) is 18.4 Å². The Hall–Kier alpha value is -1.42. The summed E-state index contributed by atoms with van der Waals surface area (Å²) >= 11 is 5.20. The summed E-state index contributed by atoms with van der Waals surface area (Å²) < 4.78 is 0. The van der Waals surface area contributed by atoms with Gasteiger partial charge in [-0.3, -0.25) is 4.79 Å². The van der Waals surface area contributed by atoms with Gasteiger partial charge in [0.05, 0.1) is 10.4 Å². The number of nitrogens with two attached hydrogens (primary N) is 1. The molecule has 0 aliphatic heterocycles. The van der Waals surface area contributed by atoms with Gasteiger partial charge in [0.25, 0.3) is 0 Å². The third-order valence-corrected chi connectivity index (χ3v) is 4.22. The van der Waals surface area contributed by atoms with E-state index in [0.29, 0.717) is 24.4 Å². The summed E-state index contributed by atoms with van der Waals surface area (Å²) in [6.07, 6.45) is 3.18. The lowest BCUT2D eigenvalue weighted by atomic mass is 9.78. The van der Waals surface area contributed by atoms with Gasteiger partial charge >= 0.3 is 0 Å². The molecular formula is C17H26N2OS. The predicted molar refractivity (Wildman–Crippen MR) is 92.1 cm³/mol. The molecule has 0 bridgehead atoms. The predicted octanol–water partition coefficient (Wildman–Crippen LogP) is 3.48. The highest BCUT2D eigenvalue weighted by Gasteiger charge is 2.39. The lowest BCUT2D eigenvalue weighted by molar-refractivity contribution is -0.128. The number of aryl methyl sites for hydroxylation is 1. The Balaban J connectivity index is 2.80. The topological polar surface area (TPSA) is 55.1 Å². The van der Waals surface area contributed by atoms with Crippen LogP contribution in [-0.2, 0) is 11.3 Å². The van der Waals surface area contributed by atoms with Crippen LogP contribution in [0.3, 0.4) is 0 Å². The smallest absolute Gasteiger partial charge is 0.233 e. The number of nitrogens with one attached hydrogen (secondary N) is 1. The maximum Gasteiger partial charge on any atom is 0.233 e. The van der Waals surface area contributed by atoms with Gasteiger partial charge in [-0.1, -0.05) is 68.7 Å². The highest BCUT2D eigenvalue weighted by atomic mass is 32.1.